The van der Waals surface area contributed by atoms with E-state index < -0.39 is 5.97 Å². The highest BCUT2D eigenvalue weighted by atomic mass is 79.9. The van der Waals surface area contributed by atoms with Crippen molar-refractivity contribution in [3.8, 4) is 5.75 Å². The minimum Gasteiger partial charge on any atom is -0.492 e. The molecule has 0 spiro atoms. The molecule has 1 aromatic rings. The van der Waals surface area contributed by atoms with Crippen molar-refractivity contribution in [1.82, 2.24) is 0 Å². The molecule has 1 N–H and O–H groups in total. The smallest absolute Gasteiger partial charge is 0.328 e. The number of hydrogen-bond donors (Lipinski definition) is 1. The summed E-state index contributed by atoms with van der Waals surface area (Å²) in [7, 11) is 0. The Hall–Kier alpha value is -1.55. The van der Waals surface area contributed by atoms with Gasteiger partial charge in [0.15, 0.2) is 0 Å². The van der Waals surface area contributed by atoms with Crippen LogP contribution in [0.1, 0.15) is 18.9 Å². The molecule has 0 heterocycles. The minimum absolute atomic E-state index is 0.582. The molecule has 0 bridgehead atoms. The van der Waals surface area contributed by atoms with E-state index in [0.717, 1.165) is 33.9 Å². The highest BCUT2D eigenvalue weighted by Gasteiger charge is 2.01. The first-order chi connectivity index (χ1) is 8.49. The fraction of sp³-hybridized carbons (Fsp3) is 0.214. The van der Waals surface area contributed by atoms with Gasteiger partial charge in [-0.1, -0.05) is 11.6 Å². The van der Waals surface area contributed by atoms with Crippen molar-refractivity contribution in [1.29, 1.82) is 0 Å². The first kappa shape index (κ1) is 14.5. The van der Waals surface area contributed by atoms with Crippen LogP contribution in [-0.2, 0) is 4.79 Å². The van der Waals surface area contributed by atoms with Crippen molar-refractivity contribution in [2.75, 3.05) is 6.61 Å². The summed E-state index contributed by atoms with van der Waals surface area (Å²) >= 11 is 3.39. The second-order valence-electron chi connectivity index (χ2n) is 3.92. The average Bonchev–Trinajstić information content (AvgIpc) is 2.28. The van der Waals surface area contributed by atoms with Crippen LogP contribution in [-0.4, -0.2) is 17.7 Å². The molecule has 0 atom stereocenters. The van der Waals surface area contributed by atoms with Crippen LogP contribution < -0.4 is 4.74 Å². The first-order valence-corrected chi connectivity index (χ1v) is 6.26. The fourth-order valence-electron chi connectivity index (χ4n) is 1.24. The van der Waals surface area contributed by atoms with Gasteiger partial charge in [-0.15, -0.1) is 6.58 Å². The van der Waals surface area contributed by atoms with Gasteiger partial charge in [0, 0.05) is 12.5 Å². The van der Waals surface area contributed by atoms with Gasteiger partial charge in [-0.3, -0.25) is 0 Å². The summed E-state index contributed by atoms with van der Waals surface area (Å²) < 4.78 is 6.38. The molecular formula is C14H15BrO3. The molecule has 0 aromatic heterocycles. The summed E-state index contributed by atoms with van der Waals surface area (Å²) in [5.41, 5.74) is 1.88. The Morgan fingerprint density at radius 1 is 1.56 bits per heavy atom. The monoisotopic (exact) mass is 310 g/mol. The predicted molar refractivity (Wildman–Crippen MR) is 75.7 cm³/mol. The molecule has 0 aliphatic carbocycles. The molecule has 18 heavy (non-hydrogen) atoms. The van der Waals surface area contributed by atoms with E-state index >= 15 is 0 Å². The third kappa shape index (κ3) is 5.19. The maximum atomic E-state index is 10.4. The molecule has 3 nitrogen and oxygen atoms in total. The number of benzene rings is 1. The quantitative estimate of drug-likeness (QED) is 0.640. The number of ether oxygens (including phenoxy) is 1. The third-order valence-corrected chi connectivity index (χ3v) is 2.78. The molecule has 0 aliphatic rings. The Balaban J connectivity index is 2.67. The second-order valence-corrected chi connectivity index (χ2v) is 4.77. The molecule has 0 saturated carbocycles. The van der Waals surface area contributed by atoms with Gasteiger partial charge in [0.2, 0.25) is 0 Å². The Labute approximate surface area is 115 Å². The summed E-state index contributed by atoms with van der Waals surface area (Å²) in [6.45, 7) is 6.35. The normalized spacial score (nSPS) is 10.6. The number of carboxylic acid groups (broad SMARTS) is 1. The lowest BCUT2D eigenvalue weighted by Gasteiger charge is -2.08. The lowest BCUT2D eigenvalue weighted by Crippen LogP contribution is -1.98. The van der Waals surface area contributed by atoms with E-state index in [1.54, 1.807) is 6.07 Å². The molecule has 0 fully saturated rings. The number of carboxylic acids is 1. The van der Waals surface area contributed by atoms with Gasteiger partial charge >= 0.3 is 5.97 Å². The first-order valence-electron chi connectivity index (χ1n) is 5.47. The number of rotatable bonds is 6. The summed E-state index contributed by atoms with van der Waals surface area (Å²) in [6.07, 6.45) is 3.45. The van der Waals surface area contributed by atoms with Crippen molar-refractivity contribution in [3.63, 3.8) is 0 Å². The topological polar surface area (TPSA) is 46.5 Å². The molecule has 0 aliphatic heterocycles. The maximum absolute atomic E-state index is 10.4. The van der Waals surface area contributed by atoms with Crippen LogP contribution >= 0.6 is 15.9 Å². The second kappa shape index (κ2) is 7.01. The van der Waals surface area contributed by atoms with E-state index in [2.05, 4.69) is 22.5 Å². The zero-order valence-corrected chi connectivity index (χ0v) is 11.7. The lowest BCUT2D eigenvalue weighted by molar-refractivity contribution is -0.131. The Morgan fingerprint density at radius 2 is 2.28 bits per heavy atom. The van der Waals surface area contributed by atoms with Crippen LogP contribution in [0.4, 0.5) is 0 Å². The molecule has 1 aromatic carbocycles. The van der Waals surface area contributed by atoms with E-state index in [1.807, 2.05) is 19.1 Å². The van der Waals surface area contributed by atoms with Gasteiger partial charge in [0.25, 0.3) is 0 Å². The van der Waals surface area contributed by atoms with Crippen LogP contribution in [0.3, 0.4) is 0 Å². The van der Waals surface area contributed by atoms with E-state index in [0.29, 0.717) is 6.61 Å². The number of carbonyl (C=O) groups is 1. The van der Waals surface area contributed by atoms with Gasteiger partial charge in [-0.2, -0.15) is 0 Å². The third-order valence-electron chi connectivity index (χ3n) is 2.16. The Kier molecular flexibility index (Phi) is 5.65. The summed E-state index contributed by atoms with van der Waals surface area (Å²) in [5.74, 6) is -0.225. The van der Waals surface area contributed by atoms with Gasteiger partial charge in [-0.05, 0) is 46.6 Å². The van der Waals surface area contributed by atoms with Gasteiger partial charge < -0.3 is 9.84 Å². The van der Waals surface area contributed by atoms with Gasteiger partial charge in [0.05, 0.1) is 11.1 Å². The summed E-state index contributed by atoms with van der Waals surface area (Å²) in [4.78, 5) is 10.4. The summed E-state index contributed by atoms with van der Waals surface area (Å²) in [6, 6.07) is 5.43. The molecular weight excluding hydrogens is 296 g/mol. The SMILES string of the molecule is C=C(C)CCOc1ccc(/C=C/C(=O)O)cc1Br. The number of aliphatic carboxylic acids is 1. The molecule has 4 heteroatoms. The van der Waals surface area contributed by atoms with Gasteiger partial charge in [-0.25, -0.2) is 4.79 Å². The number of hydrogen-bond acceptors (Lipinski definition) is 2. The molecule has 0 amide bonds. The van der Waals surface area contributed by atoms with Crippen LogP contribution in [0.15, 0.2) is 40.9 Å². The molecule has 1 rings (SSSR count). The van der Waals surface area contributed by atoms with E-state index in [4.69, 9.17) is 9.84 Å². The van der Waals surface area contributed by atoms with Crippen LogP contribution in [0.25, 0.3) is 6.08 Å². The number of halogens is 1. The Bertz CT molecular complexity index is 478. The molecule has 96 valence electrons. The largest absolute Gasteiger partial charge is 0.492 e. The standard InChI is InChI=1S/C14H15BrO3/c1-10(2)7-8-18-13-5-3-11(9-12(13)15)4-6-14(16)17/h3-6,9H,1,7-8H2,2H3,(H,16,17)/b6-4+. The van der Waals surface area contributed by atoms with E-state index in [9.17, 15) is 4.79 Å². The lowest BCUT2D eigenvalue weighted by atomic mass is 10.2. The van der Waals surface area contributed by atoms with Crippen LogP contribution in [0.5, 0.6) is 5.75 Å². The van der Waals surface area contributed by atoms with Crippen molar-refractivity contribution < 1.29 is 14.6 Å². The van der Waals surface area contributed by atoms with Crippen molar-refractivity contribution >= 4 is 28.0 Å². The Morgan fingerprint density at radius 3 is 2.83 bits per heavy atom. The summed E-state index contributed by atoms with van der Waals surface area (Å²) in [5, 5.41) is 8.54. The van der Waals surface area contributed by atoms with Crippen molar-refractivity contribution in [2.24, 2.45) is 0 Å². The van der Waals surface area contributed by atoms with E-state index in [1.165, 1.54) is 6.08 Å². The highest BCUT2D eigenvalue weighted by molar-refractivity contribution is 9.10. The van der Waals surface area contributed by atoms with E-state index in [-0.39, 0.29) is 0 Å². The van der Waals surface area contributed by atoms with Gasteiger partial charge in [0.1, 0.15) is 5.75 Å². The van der Waals surface area contributed by atoms with Crippen LogP contribution in [0, 0.1) is 0 Å². The molecule has 0 unspecified atom stereocenters. The van der Waals surface area contributed by atoms with Crippen molar-refractivity contribution in [3.05, 3.63) is 46.5 Å². The maximum Gasteiger partial charge on any atom is 0.328 e. The zero-order chi connectivity index (χ0) is 13.5. The molecule has 0 radical (unpaired) electrons. The zero-order valence-electron chi connectivity index (χ0n) is 10.1. The fourth-order valence-corrected chi connectivity index (χ4v) is 1.75. The van der Waals surface area contributed by atoms with Crippen LogP contribution in [0.2, 0.25) is 0 Å². The molecule has 0 saturated heterocycles. The highest BCUT2D eigenvalue weighted by Crippen LogP contribution is 2.26. The van der Waals surface area contributed by atoms with Crippen molar-refractivity contribution in [2.45, 2.75) is 13.3 Å². The predicted octanol–water partition coefficient (Wildman–Crippen LogP) is 3.89. The minimum atomic E-state index is -0.965. The average molecular weight is 311 g/mol.